The minimum absolute atomic E-state index is 0.220. The fourth-order valence-electron chi connectivity index (χ4n) is 4.62. The molecule has 35 heavy (non-hydrogen) atoms. The Morgan fingerprint density at radius 2 is 1.71 bits per heavy atom. The van der Waals surface area contributed by atoms with E-state index >= 15 is 0 Å². The van der Waals surface area contributed by atoms with Crippen molar-refractivity contribution in [1.82, 2.24) is 20.4 Å². The highest BCUT2D eigenvalue weighted by Crippen LogP contribution is 2.29. The monoisotopic (exact) mass is 486 g/mol. The van der Waals surface area contributed by atoms with Gasteiger partial charge in [-0.25, -0.2) is 18.0 Å². The van der Waals surface area contributed by atoms with Crippen molar-refractivity contribution in [2.45, 2.75) is 31.2 Å². The van der Waals surface area contributed by atoms with Gasteiger partial charge in [-0.05, 0) is 80.2 Å². The number of halogens is 3. The fourth-order valence-corrected chi connectivity index (χ4v) is 4.62. The van der Waals surface area contributed by atoms with Crippen LogP contribution >= 0.6 is 0 Å². The third-order valence-electron chi connectivity index (χ3n) is 6.64. The van der Waals surface area contributed by atoms with E-state index in [-0.39, 0.29) is 22.9 Å². The summed E-state index contributed by atoms with van der Waals surface area (Å²) in [6, 6.07) is 8.73. The van der Waals surface area contributed by atoms with Gasteiger partial charge in [-0.1, -0.05) is 18.2 Å². The lowest BCUT2D eigenvalue weighted by atomic mass is 9.89. The van der Waals surface area contributed by atoms with E-state index in [0.717, 1.165) is 51.0 Å². The number of rotatable bonds is 7. The quantitative estimate of drug-likeness (QED) is 0.580. The van der Waals surface area contributed by atoms with Gasteiger partial charge < -0.3 is 20.4 Å². The van der Waals surface area contributed by atoms with E-state index in [2.05, 4.69) is 15.5 Å². The van der Waals surface area contributed by atoms with Crippen LogP contribution in [0.1, 0.15) is 42.3 Å². The Labute approximate surface area is 202 Å². The van der Waals surface area contributed by atoms with Crippen molar-refractivity contribution in [2.24, 2.45) is 0 Å². The summed E-state index contributed by atoms with van der Waals surface area (Å²) in [5, 5.41) is 5.54. The van der Waals surface area contributed by atoms with Crippen LogP contribution in [0.15, 0.2) is 54.2 Å². The Balaban J connectivity index is 1.27. The molecule has 0 spiro atoms. The maximum atomic E-state index is 13.8. The lowest BCUT2D eigenvalue weighted by Crippen LogP contribution is -2.45. The number of piperidine rings is 1. The summed E-state index contributed by atoms with van der Waals surface area (Å²) in [6.45, 7) is 3.15. The maximum absolute atomic E-state index is 13.8. The van der Waals surface area contributed by atoms with E-state index < -0.39 is 23.7 Å². The minimum Gasteiger partial charge on any atom is -0.352 e. The summed E-state index contributed by atoms with van der Waals surface area (Å²) in [5.74, 6) is -2.20. The highest BCUT2D eigenvalue weighted by atomic mass is 19.2. The van der Waals surface area contributed by atoms with E-state index in [1.807, 2.05) is 12.1 Å². The number of carbonyl (C=O) groups excluding carboxylic acids is 2. The molecule has 0 aliphatic carbocycles. The third kappa shape index (κ3) is 6.03. The van der Waals surface area contributed by atoms with E-state index in [1.165, 1.54) is 41.9 Å². The number of urea groups is 1. The zero-order valence-electron chi connectivity index (χ0n) is 19.6. The van der Waals surface area contributed by atoms with Crippen LogP contribution in [0.5, 0.6) is 0 Å². The SMILES string of the molecule is CN1C=C(C(=O)NCCCN2CCC(c3ccc(F)cc3)CC2)C(c2ccc(F)c(F)c2)NC1=O. The van der Waals surface area contributed by atoms with Crippen molar-refractivity contribution in [3.63, 3.8) is 0 Å². The van der Waals surface area contributed by atoms with Crippen molar-refractivity contribution in [2.75, 3.05) is 33.2 Å². The lowest BCUT2D eigenvalue weighted by molar-refractivity contribution is -0.118. The number of likely N-dealkylation sites (tertiary alicyclic amines) is 1. The van der Waals surface area contributed by atoms with Gasteiger partial charge in [-0.3, -0.25) is 4.79 Å². The molecule has 6 nitrogen and oxygen atoms in total. The van der Waals surface area contributed by atoms with Crippen LogP contribution in [0, 0.1) is 17.5 Å². The summed E-state index contributed by atoms with van der Waals surface area (Å²) in [7, 11) is 1.51. The number of nitrogens with zero attached hydrogens (tertiary/aromatic N) is 2. The largest absolute Gasteiger partial charge is 0.352 e. The van der Waals surface area contributed by atoms with Crippen LogP contribution in [0.2, 0.25) is 0 Å². The molecule has 2 N–H and O–H groups in total. The topological polar surface area (TPSA) is 64.7 Å². The van der Waals surface area contributed by atoms with Gasteiger partial charge in [0.05, 0.1) is 11.6 Å². The molecule has 1 unspecified atom stereocenters. The number of hydrogen-bond acceptors (Lipinski definition) is 3. The van der Waals surface area contributed by atoms with Gasteiger partial charge in [0.25, 0.3) is 5.91 Å². The maximum Gasteiger partial charge on any atom is 0.321 e. The Hall–Kier alpha value is -3.33. The molecule has 0 bridgehead atoms. The van der Waals surface area contributed by atoms with Crippen molar-refractivity contribution >= 4 is 11.9 Å². The summed E-state index contributed by atoms with van der Waals surface area (Å²) in [5.41, 5.74) is 1.71. The average molecular weight is 487 g/mol. The normalized spacial score (nSPS) is 19.3. The molecular weight excluding hydrogens is 457 g/mol. The number of carbonyl (C=O) groups is 2. The van der Waals surface area contributed by atoms with Gasteiger partial charge in [-0.15, -0.1) is 0 Å². The summed E-state index contributed by atoms with van der Waals surface area (Å²) in [6.07, 6.45) is 4.18. The number of amides is 3. The van der Waals surface area contributed by atoms with Crippen molar-refractivity contribution in [1.29, 1.82) is 0 Å². The van der Waals surface area contributed by atoms with Crippen molar-refractivity contribution in [3.05, 3.63) is 82.8 Å². The highest BCUT2D eigenvalue weighted by molar-refractivity contribution is 5.97. The molecular formula is C26H29F3N4O2. The van der Waals surface area contributed by atoms with Gasteiger partial charge in [0.2, 0.25) is 0 Å². The molecule has 0 radical (unpaired) electrons. The van der Waals surface area contributed by atoms with Crippen LogP contribution in [-0.4, -0.2) is 55.0 Å². The van der Waals surface area contributed by atoms with Crippen LogP contribution in [0.25, 0.3) is 0 Å². The molecule has 1 saturated heterocycles. The Kier molecular flexibility index (Phi) is 7.75. The molecule has 4 rings (SSSR count). The molecule has 2 aromatic rings. The molecule has 3 amide bonds. The second-order valence-corrected chi connectivity index (χ2v) is 9.03. The van der Waals surface area contributed by atoms with Crippen molar-refractivity contribution in [3.8, 4) is 0 Å². The second-order valence-electron chi connectivity index (χ2n) is 9.03. The smallest absolute Gasteiger partial charge is 0.321 e. The van der Waals surface area contributed by atoms with E-state index in [0.29, 0.717) is 12.5 Å². The molecule has 2 aromatic carbocycles. The van der Waals surface area contributed by atoms with Crippen LogP contribution < -0.4 is 10.6 Å². The molecule has 2 heterocycles. The van der Waals surface area contributed by atoms with Crippen LogP contribution in [-0.2, 0) is 4.79 Å². The molecule has 1 fully saturated rings. The minimum atomic E-state index is -1.04. The first-order valence-electron chi connectivity index (χ1n) is 11.8. The van der Waals surface area contributed by atoms with Gasteiger partial charge >= 0.3 is 6.03 Å². The van der Waals surface area contributed by atoms with Gasteiger partial charge in [0.1, 0.15) is 5.82 Å². The zero-order valence-corrected chi connectivity index (χ0v) is 19.6. The average Bonchev–Trinajstić information content (AvgIpc) is 2.86. The number of benzene rings is 2. The van der Waals surface area contributed by atoms with Crippen LogP contribution in [0.3, 0.4) is 0 Å². The third-order valence-corrected chi connectivity index (χ3v) is 6.64. The highest BCUT2D eigenvalue weighted by Gasteiger charge is 2.31. The standard InChI is InChI=1S/C26H29F3N4O2/c1-32-16-21(24(31-26(32)35)19-5-8-22(28)23(29)15-19)25(34)30-11-2-12-33-13-9-18(10-14-33)17-3-6-20(27)7-4-17/h3-8,15-16,18,24H,2,9-14H2,1H3,(H,30,34)(H,31,35). The molecule has 186 valence electrons. The summed E-state index contributed by atoms with van der Waals surface area (Å²) < 4.78 is 40.3. The summed E-state index contributed by atoms with van der Waals surface area (Å²) >= 11 is 0. The van der Waals surface area contributed by atoms with Gasteiger partial charge in [0.15, 0.2) is 11.6 Å². The predicted octanol–water partition coefficient (Wildman–Crippen LogP) is 4.07. The fraction of sp³-hybridized carbons (Fsp3) is 0.385. The number of nitrogens with one attached hydrogen (secondary N) is 2. The first kappa shape index (κ1) is 24.8. The van der Waals surface area contributed by atoms with Gasteiger partial charge in [0, 0.05) is 19.8 Å². The molecule has 1 atom stereocenters. The Morgan fingerprint density at radius 1 is 1.03 bits per heavy atom. The molecule has 2 aliphatic heterocycles. The number of hydrogen-bond donors (Lipinski definition) is 2. The van der Waals surface area contributed by atoms with E-state index in [9.17, 15) is 22.8 Å². The zero-order chi connectivity index (χ0) is 24.9. The van der Waals surface area contributed by atoms with Crippen LogP contribution in [0.4, 0.5) is 18.0 Å². The molecule has 2 aliphatic rings. The second kappa shape index (κ2) is 10.9. The Bertz CT molecular complexity index is 1100. The van der Waals surface area contributed by atoms with Crippen molar-refractivity contribution < 1.29 is 22.8 Å². The first-order valence-corrected chi connectivity index (χ1v) is 11.8. The molecule has 0 aromatic heterocycles. The molecule has 9 heteroatoms. The Morgan fingerprint density at radius 3 is 2.40 bits per heavy atom. The lowest BCUT2D eigenvalue weighted by Gasteiger charge is -2.32. The van der Waals surface area contributed by atoms with E-state index in [4.69, 9.17) is 0 Å². The molecule has 0 saturated carbocycles. The predicted molar refractivity (Wildman–Crippen MR) is 126 cm³/mol. The summed E-state index contributed by atoms with van der Waals surface area (Å²) in [4.78, 5) is 28.6. The van der Waals surface area contributed by atoms with Gasteiger partial charge in [-0.2, -0.15) is 0 Å². The first-order chi connectivity index (χ1) is 16.8. The van der Waals surface area contributed by atoms with E-state index in [1.54, 1.807) is 0 Å².